The Kier molecular flexibility index (Phi) is 12.7. The van der Waals surface area contributed by atoms with Gasteiger partial charge in [-0.25, -0.2) is 4.79 Å². The van der Waals surface area contributed by atoms with Crippen LogP contribution in [0.1, 0.15) is 13.8 Å². The monoisotopic (exact) mass is 164 g/mol. The summed E-state index contributed by atoms with van der Waals surface area (Å²) in [7, 11) is 0. The lowest BCUT2D eigenvalue weighted by Crippen LogP contribution is -2.05. The topological polar surface area (TPSA) is 136 Å². The van der Waals surface area contributed by atoms with Crippen LogP contribution < -0.4 is 5.73 Å². The molecule has 0 unspecified atom stereocenters. The zero-order valence-corrected chi connectivity index (χ0v) is 6.34. The van der Waals surface area contributed by atoms with Crippen LogP contribution in [0.5, 0.6) is 0 Å². The maximum Gasteiger partial charge on any atom is 0.371 e. The zero-order chi connectivity index (χ0) is 8.73. The predicted octanol–water partition coefficient (Wildman–Crippen LogP) is -1.22. The van der Waals surface area contributed by atoms with Crippen molar-refractivity contribution in [1.82, 2.24) is 0 Å². The number of hydrogen-bond donors (Lipinski definition) is 3. The number of amidine groups is 1. The maximum absolute atomic E-state index is 9.54. The second-order valence-corrected chi connectivity index (χ2v) is 1.54. The summed E-state index contributed by atoms with van der Waals surface area (Å²) >= 11 is 0. The molecular weight excluding hydrogens is 152 g/mol. The summed E-state index contributed by atoms with van der Waals surface area (Å²) in [5.41, 5.74) is 4.69. The molecule has 66 valence electrons. The second kappa shape index (κ2) is 8.57. The van der Waals surface area contributed by atoms with Crippen molar-refractivity contribution in [3.8, 4) is 0 Å². The minimum atomic E-state index is -1.38. The Hall–Kier alpha value is -1.43. The molecule has 0 saturated carbocycles. The SMILES string of the molecule is CC(=N)N.CC(=O)C(=O)O.O. The Labute approximate surface area is 63.8 Å². The molecule has 0 aliphatic carbocycles. The van der Waals surface area contributed by atoms with Gasteiger partial charge >= 0.3 is 5.97 Å². The van der Waals surface area contributed by atoms with E-state index >= 15 is 0 Å². The fraction of sp³-hybridized carbons (Fsp3) is 0.400. The van der Waals surface area contributed by atoms with Crippen LogP contribution in [0, 0.1) is 5.41 Å². The van der Waals surface area contributed by atoms with E-state index in [1.807, 2.05) is 0 Å². The molecule has 6 nitrogen and oxygen atoms in total. The normalized spacial score (nSPS) is 6.36. The summed E-state index contributed by atoms with van der Waals surface area (Å²) in [5, 5.41) is 13.9. The van der Waals surface area contributed by atoms with Gasteiger partial charge in [0.1, 0.15) is 0 Å². The summed E-state index contributed by atoms with van der Waals surface area (Å²) in [6.07, 6.45) is 0. The van der Waals surface area contributed by atoms with E-state index in [1.165, 1.54) is 6.92 Å². The summed E-state index contributed by atoms with van der Waals surface area (Å²) in [4.78, 5) is 18.9. The molecule has 0 saturated heterocycles. The van der Waals surface area contributed by atoms with Crippen molar-refractivity contribution in [2.24, 2.45) is 5.73 Å². The van der Waals surface area contributed by atoms with E-state index in [2.05, 4.69) is 0 Å². The molecule has 0 amide bonds. The molecule has 0 radical (unpaired) electrons. The third-order valence-electron chi connectivity index (χ3n) is 0.301. The van der Waals surface area contributed by atoms with Crippen molar-refractivity contribution in [3.63, 3.8) is 0 Å². The Bertz CT molecular complexity index is 139. The van der Waals surface area contributed by atoms with Crippen molar-refractivity contribution in [2.75, 3.05) is 0 Å². The number of Topliss-reactive ketones (excluding diaryl/α,β-unsaturated/α-hetero) is 1. The highest BCUT2D eigenvalue weighted by Crippen LogP contribution is 1.61. The summed E-state index contributed by atoms with van der Waals surface area (Å²) in [5.74, 6) is -2.04. The Morgan fingerprint density at radius 1 is 1.36 bits per heavy atom. The minimum Gasteiger partial charge on any atom is -0.476 e. The van der Waals surface area contributed by atoms with Gasteiger partial charge in [0, 0.05) is 6.92 Å². The maximum atomic E-state index is 9.54. The fourth-order valence-electron chi connectivity index (χ4n) is 0. The van der Waals surface area contributed by atoms with Gasteiger partial charge < -0.3 is 16.3 Å². The van der Waals surface area contributed by atoms with Crippen LogP contribution in [0.15, 0.2) is 0 Å². The third-order valence-corrected chi connectivity index (χ3v) is 0.301. The molecule has 0 aliphatic heterocycles. The minimum absolute atomic E-state index is 0. The lowest BCUT2D eigenvalue weighted by molar-refractivity contribution is -0.148. The first-order valence-corrected chi connectivity index (χ1v) is 2.42. The van der Waals surface area contributed by atoms with E-state index in [0.29, 0.717) is 0 Å². The van der Waals surface area contributed by atoms with Crippen molar-refractivity contribution in [2.45, 2.75) is 13.8 Å². The molecule has 0 spiro atoms. The summed E-state index contributed by atoms with van der Waals surface area (Å²) < 4.78 is 0. The molecule has 0 fully saturated rings. The van der Waals surface area contributed by atoms with Gasteiger partial charge in [0.25, 0.3) is 0 Å². The van der Waals surface area contributed by atoms with E-state index in [4.69, 9.17) is 16.2 Å². The first kappa shape index (κ1) is 16.3. The number of carbonyl (C=O) groups excluding carboxylic acids is 1. The third kappa shape index (κ3) is 56.0. The van der Waals surface area contributed by atoms with Crippen molar-refractivity contribution in [3.05, 3.63) is 0 Å². The van der Waals surface area contributed by atoms with Crippen LogP contribution in [-0.2, 0) is 9.59 Å². The smallest absolute Gasteiger partial charge is 0.371 e. The number of carbonyl (C=O) groups is 2. The summed E-state index contributed by atoms with van der Waals surface area (Å²) in [6, 6.07) is 0. The van der Waals surface area contributed by atoms with Gasteiger partial charge in [-0.05, 0) is 6.92 Å². The molecule has 6 heteroatoms. The second-order valence-electron chi connectivity index (χ2n) is 1.54. The molecule has 0 rings (SSSR count). The average molecular weight is 164 g/mol. The van der Waals surface area contributed by atoms with Gasteiger partial charge in [-0.15, -0.1) is 0 Å². The Balaban J connectivity index is -0.000000114. The molecule has 0 atom stereocenters. The van der Waals surface area contributed by atoms with Crippen LogP contribution in [0.4, 0.5) is 0 Å². The molecule has 11 heavy (non-hydrogen) atoms. The lowest BCUT2D eigenvalue weighted by Gasteiger charge is -1.73. The average Bonchev–Trinajstić information content (AvgIpc) is 1.63. The zero-order valence-electron chi connectivity index (χ0n) is 6.34. The van der Waals surface area contributed by atoms with E-state index in [1.54, 1.807) is 0 Å². The number of carboxylic acids is 1. The van der Waals surface area contributed by atoms with E-state index in [9.17, 15) is 9.59 Å². The number of ketones is 1. The van der Waals surface area contributed by atoms with Gasteiger partial charge in [0.05, 0.1) is 5.84 Å². The first-order valence-electron chi connectivity index (χ1n) is 2.42. The number of aliphatic carboxylic acids is 1. The molecule has 0 aromatic carbocycles. The van der Waals surface area contributed by atoms with Crippen molar-refractivity contribution < 1.29 is 20.2 Å². The van der Waals surface area contributed by atoms with Gasteiger partial charge in [0.2, 0.25) is 5.78 Å². The van der Waals surface area contributed by atoms with Crippen LogP contribution in [0.25, 0.3) is 0 Å². The molecule has 6 N–H and O–H groups in total. The number of nitrogens with one attached hydrogen (secondary N) is 1. The number of nitrogens with two attached hydrogens (primary N) is 1. The van der Waals surface area contributed by atoms with Crippen LogP contribution in [0.2, 0.25) is 0 Å². The van der Waals surface area contributed by atoms with E-state index in [0.717, 1.165) is 6.92 Å². The van der Waals surface area contributed by atoms with Gasteiger partial charge in [0.15, 0.2) is 0 Å². The molecule has 0 aromatic heterocycles. The quantitative estimate of drug-likeness (QED) is 0.254. The highest BCUT2D eigenvalue weighted by Gasteiger charge is 1.98. The van der Waals surface area contributed by atoms with Crippen LogP contribution in [0.3, 0.4) is 0 Å². The highest BCUT2D eigenvalue weighted by molar-refractivity contribution is 6.31. The molecule has 0 aliphatic rings. The first-order chi connectivity index (χ1) is 4.37. The largest absolute Gasteiger partial charge is 0.476 e. The molecule has 0 bridgehead atoms. The number of rotatable bonds is 1. The standard InChI is InChI=1S/C3H4O3.C2H6N2.H2O/c1-2(4)3(5)6;1-2(3)4;/h1H3,(H,5,6);1H3,(H3,3,4);1H2. The van der Waals surface area contributed by atoms with Crippen molar-refractivity contribution >= 4 is 17.6 Å². The predicted molar refractivity (Wildman–Crippen MR) is 39.5 cm³/mol. The molecule has 0 heterocycles. The van der Waals surface area contributed by atoms with Crippen LogP contribution >= 0.6 is 0 Å². The summed E-state index contributed by atoms with van der Waals surface area (Å²) in [6.45, 7) is 2.53. The molecule has 0 aromatic rings. The lowest BCUT2D eigenvalue weighted by atomic mass is 10.5. The van der Waals surface area contributed by atoms with Crippen LogP contribution in [-0.4, -0.2) is 28.2 Å². The Morgan fingerprint density at radius 3 is 1.45 bits per heavy atom. The van der Waals surface area contributed by atoms with E-state index in [-0.39, 0.29) is 11.3 Å². The van der Waals surface area contributed by atoms with Gasteiger partial charge in [-0.2, -0.15) is 0 Å². The van der Waals surface area contributed by atoms with Gasteiger partial charge in [-0.1, -0.05) is 0 Å². The van der Waals surface area contributed by atoms with Crippen molar-refractivity contribution in [1.29, 1.82) is 5.41 Å². The van der Waals surface area contributed by atoms with Gasteiger partial charge in [-0.3, -0.25) is 10.2 Å². The molecular formula is C5H12N2O4. The Morgan fingerprint density at radius 2 is 1.45 bits per heavy atom. The number of hydrogen-bond acceptors (Lipinski definition) is 3. The highest BCUT2D eigenvalue weighted by atomic mass is 16.4. The number of carboxylic acid groups (broad SMARTS) is 1. The fourth-order valence-corrected chi connectivity index (χ4v) is 0. The van der Waals surface area contributed by atoms with E-state index < -0.39 is 11.8 Å².